The van der Waals surface area contributed by atoms with E-state index in [4.69, 9.17) is 27.6 Å². The smallest absolute Gasteiger partial charge is 0.238 e. The molecule has 4 nitrogen and oxygen atoms in total. The first-order valence-electron chi connectivity index (χ1n) is 8.37. The third-order valence-electron chi connectivity index (χ3n) is 4.53. The molecule has 0 unspecified atom stereocenters. The Kier molecular flexibility index (Phi) is 4.17. The molecule has 0 spiro atoms. The Morgan fingerprint density at radius 3 is 2.17 bits per heavy atom. The number of hydrogen-bond acceptors (Lipinski definition) is 5. The molecular formula is C21H8Cl2FNO3S. The van der Waals surface area contributed by atoms with Crippen molar-refractivity contribution in [2.24, 2.45) is 0 Å². The number of allylic oxidation sites excluding steroid dienone is 1. The van der Waals surface area contributed by atoms with E-state index in [1.54, 1.807) is 18.2 Å². The van der Waals surface area contributed by atoms with Crippen LogP contribution in [0.4, 0.5) is 4.39 Å². The average molecular weight is 444 g/mol. The third-order valence-corrected chi connectivity index (χ3v) is 6.28. The Balaban J connectivity index is 1.51. The molecule has 2 heterocycles. The lowest BCUT2D eigenvalue weighted by atomic mass is 10.1. The Labute approximate surface area is 177 Å². The van der Waals surface area contributed by atoms with Gasteiger partial charge in [-0.25, -0.2) is 9.37 Å². The van der Waals surface area contributed by atoms with Crippen molar-refractivity contribution < 1.29 is 18.4 Å². The molecule has 0 bridgehead atoms. The minimum absolute atomic E-state index is 0.0153. The molecular weight excluding hydrogens is 436 g/mol. The molecule has 0 fully saturated rings. The van der Waals surface area contributed by atoms with E-state index < -0.39 is 11.6 Å². The van der Waals surface area contributed by atoms with E-state index in [0.29, 0.717) is 16.5 Å². The maximum Gasteiger partial charge on any atom is 0.238 e. The quantitative estimate of drug-likeness (QED) is 0.263. The lowest BCUT2D eigenvalue weighted by molar-refractivity contribution is 0.0990. The summed E-state index contributed by atoms with van der Waals surface area (Å²) in [5.74, 6) is -0.838. The molecule has 0 radical (unpaired) electrons. The predicted molar refractivity (Wildman–Crippen MR) is 110 cm³/mol. The van der Waals surface area contributed by atoms with Gasteiger partial charge in [0.15, 0.2) is 11.6 Å². The number of halogens is 3. The number of thiazole rings is 1. The summed E-state index contributed by atoms with van der Waals surface area (Å²) in [4.78, 5) is 29.6. The number of ketones is 2. The van der Waals surface area contributed by atoms with Crippen LogP contribution in [0.3, 0.4) is 0 Å². The van der Waals surface area contributed by atoms with Crippen molar-refractivity contribution >= 4 is 62.6 Å². The zero-order valence-corrected chi connectivity index (χ0v) is 16.7. The first-order valence-corrected chi connectivity index (χ1v) is 9.94. The second-order valence-corrected chi connectivity index (χ2v) is 8.22. The number of benzene rings is 2. The highest BCUT2D eigenvalue weighted by atomic mass is 35.5. The second-order valence-electron chi connectivity index (χ2n) is 6.37. The molecule has 1 aliphatic rings. The molecule has 4 aromatic rings. The zero-order valence-electron chi connectivity index (χ0n) is 14.3. The van der Waals surface area contributed by atoms with Gasteiger partial charge in [-0.2, -0.15) is 0 Å². The fourth-order valence-corrected chi connectivity index (χ4v) is 4.40. The number of furan rings is 1. The average Bonchev–Trinajstić information content (AvgIpc) is 3.31. The number of hydrogen-bond donors (Lipinski definition) is 0. The van der Waals surface area contributed by atoms with E-state index in [1.165, 1.54) is 41.7 Å². The van der Waals surface area contributed by atoms with Crippen molar-refractivity contribution in [1.82, 2.24) is 4.98 Å². The summed E-state index contributed by atoms with van der Waals surface area (Å²) in [6, 6.07) is 10.5. The van der Waals surface area contributed by atoms with Crippen LogP contribution in [0.5, 0.6) is 0 Å². The van der Waals surface area contributed by atoms with E-state index in [9.17, 15) is 14.0 Å². The van der Waals surface area contributed by atoms with Crippen LogP contribution in [-0.2, 0) is 0 Å². The molecule has 1 aliphatic carbocycles. The highest BCUT2D eigenvalue weighted by Crippen LogP contribution is 2.36. The van der Waals surface area contributed by atoms with Crippen molar-refractivity contribution in [3.8, 4) is 10.6 Å². The molecule has 8 heteroatoms. The third kappa shape index (κ3) is 3.00. The highest BCUT2D eigenvalue weighted by Gasteiger charge is 2.34. The summed E-state index contributed by atoms with van der Waals surface area (Å²) in [5.41, 5.74) is 1.58. The van der Waals surface area contributed by atoms with Crippen molar-refractivity contribution in [2.45, 2.75) is 0 Å². The minimum Gasteiger partial charge on any atom is -0.437 e. The molecule has 0 atom stereocenters. The van der Waals surface area contributed by atoms with Gasteiger partial charge in [0.1, 0.15) is 16.6 Å². The van der Waals surface area contributed by atoms with Gasteiger partial charge in [-0.15, -0.1) is 11.3 Å². The lowest BCUT2D eigenvalue weighted by Crippen LogP contribution is -1.99. The molecule has 29 heavy (non-hydrogen) atoms. The summed E-state index contributed by atoms with van der Waals surface area (Å²) in [7, 11) is 0. The maximum atomic E-state index is 13.1. The zero-order chi connectivity index (χ0) is 20.3. The molecule has 5 rings (SSSR count). The number of rotatable bonds is 2. The Hall–Kier alpha value is -2.80. The molecule has 2 aromatic carbocycles. The Morgan fingerprint density at radius 1 is 0.966 bits per heavy atom. The predicted octanol–water partition coefficient (Wildman–Crippen LogP) is 6.46. The van der Waals surface area contributed by atoms with Crippen LogP contribution in [0.1, 0.15) is 26.5 Å². The standard InChI is InChI=1S/C21H8Cl2FNO3S/c22-15-7-12-13(8-16(15)23)19(27)14(18(12)26)5-11-6-17-20(28-11)25-21(29-17)9-1-3-10(24)4-2-9/h1-8H. The number of carbonyl (C=O) groups is 2. The van der Waals surface area contributed by atoms with Crippen LogP contribution in [0.2, 0.25) is 10.0 Å². The SMILES string of the molecule is O=C1C(=Cc2cc3sc(-c4ccc(F)cc4)nc3o2)C(=O)c2cc(Cl)c(Cl)cc21. The molecule has 0 saturated carbocycles. The monoisotopic (exact) mass is 443 g/mol. The minimum atomic E-state index is -0.428. The molecule has 142 valence electrons. The van der Waals surface area contributed by atoms with Crippen molar-refractivity contribution in [3.63, 3.8) is 0 Å². The number of carbonyl (C=O) groups excluding carboxylic acids is 2. The van der Waals surface area contributed by atoms with E-state index >= 15 is 0 Å². The first kappa shape index (κ1) is 18.2. The van der Waals surface area contributed by atoms with Gasteiger partial charge in [0.25, 0.3) is 0 Å². The number of nitrogens with zero attached hydrogens (tertiary/aromatic N) is 1. The van der Waals surface area contributed by atoms with Gasteiger partial charge in [-0.05, 0) is 42.5 Å². The van der Waals surface area contributed by atoms with Gasteiger partial charge in [-0.1, -0.05) is 23.2 Å². The van der Waals surface area contributed by atoms with Crippen LogP contribution >= 0.6 is 34.5 Å². The van der Waals surface area contributed by atoms with Crippen LogP contribution in [0, 0.1) is 5.82 Å². The molecule has 0 N–H and O–H groups in total. The van der Waals surface area contributed by atoms with Crippen LogP contribution < -0.4 is 0 Å². The number of Topliss-reactive ketones (excluding diaryl/α,β-unsaturated/α-hetero) is 2. The summed E-state index contributed by atoms with van der Waals surface area (Å²) in [6.45, 7) is 0. The van der Waals surface area contributed by atoms with Crippen molar-refractivity contribution in [3.05, 3.63) is 80.8 Å². The Morgan fingerprint density at radius 2 is 1.59 bits per heavy atom. The van der Waals surface area contributed by atoms with Crippen molar-refractivity contribution in [1.29, 1.82) is 0 Å². The summed E-state index contributed by atoms with van der Waals surface area (Å²) < 4.78 is 19.5. The normalized spacial score (nSPS) is 13.4. The molecule has 0 aliphatic heterocycles. The van der Waals surface area contributed by atoms with Crippen LogP contribution in [0.15, 0.2) is 52.5 Å². The topological polar surface area (TPSA) is 60.2 Å². The maximum absolute atomic E-state index is 13.1. The fourth-order valence-electron chi connectivity index (χ4n) is 3.13. The molecule has 0 saturated heterocycles. The van der Waals surface area contributed by atoms with E-state index in [-0.39, 0.29) is 32.6 Å². The van der Waals surface area contributed by atoms with E-state index in [1.807, 2.05) is 0 Å². The van der Waals surface area contributed by atoms with Gasteiger partial charge in [0.2, 0.25) is 5.71 Å². The number of aromatic nitrogens is 1. The summed E-state index contributed by atoms with van der Waals surface area (Å²) >= 11 is 13.3. The van der Waals surface area contributed by atoms with E-state index in [0.717, 1.165) is 10.3 Å². The Bertz CT molecular complexity index is 1290. The largest absolute Gasteiger partial charge is 0.437 e. The summed E-state index contributed by atoms with van der Waals surface area (Å²) in [6.07, 6.45) is 1.40. The lowest BCUT2D eigenvalue weighted by Gasteiger charge is -1.98. The van der Waals surface area contributed by atoms with Crippen LogP contribution in [0.25, 0.3) is 27.1 Å². The van der Waals surface area contributed by atoms with Gasteiger partial charge in [0.05, 0.1) is 20.3 Å². The summed E-state index contributed by atoms with van der Waals surface area (Å²) in [5, 5.41) is 1.11. The van der Waals surface area contributed by atoms with Gasteiger partial charge in [-0.3, -0.25) is 9.59 Å². The van der Waals surface area contributed by atoms with E-state index in [2.05, 4.69) is 4.98 Å². The van der Waals surface area contributed by atoms with Crippen molar-refractivity contribution in [2.75, 3.05) is 0 Å². The van der Waals surface area contributed by atoms with Crippen LogP contribution in [-0.4, -0.2) is 16.6 Å². The first-order chi connectivity index (χ1) is 13.9. The molecule has 0 amide bonds. The van der Waals surface area contributed by atoms with Gasteiger partial charge in [0, 0.05) is 22.8 Å². The molecule has 2 aromatic heterocycles. The van der Waals surface area contributed by atoms with Gasteiger partial charge >= 0.3 is 0 Å². The highest BCUT2D eigenvalue weighted by molar-refractivity contribution is 7.21. The fraction of sp³-hybridized carbons (Fsp3) is 0. The van der Waals surface area contributed by atoms with Gasteiger partial charge < -0.3 is 4.42 Å². The number of fused-ring (bicyclic) bond motifs is 2. The second kappa shape index (κ2) is 6.62.